The van der Waals surface area contributed by atoms with Crippen LogP contribution in [0.25, 0.3) is 0 Å². The van der Waals surface area contributed by atoms with Crippen LogP contribution in [0.5, 0.6) is 0 Å². The van der Waals surface area contributed by atoms with Crippen LogP contribution >= 0.6 is 0 Å². The van der Waals surface area contributed by atoms with Gasteiger partial charge in [0, 0.05) is 23.5 Å². The number of aliphatic hydroxyl groups is 1. The third-order valence-electron chi connectivity index (χ3n) is 4.49. The molecule has 0 radical (unpaired) electrons. The lowest BCUT2D eigenvalue weighted by atomic mass is 10.2. The number of aromatic nitrogens is 2. The summed E-state index contributed by atoms with van der Waals surface area (Å²) in [6.07, 6.45) is 0.669. The normalized spacial score (nSPS) is 14.8. The molecule has 0 fully saturated rings. The molecule has 24 heavy (non-hydrogen) atoms. The van der Waals surface area contributed by atoms with Crippen LogP contribution < -0.4 is 10.5 Å². The second-order valence-corrected chi connectivity index (χ2v) is 6.23. The van der Waals surface area contributed by atoms with E-state index in [4.69, 9.17) is 4.98 Å². The fourth-order valence-corrected chi connectivity index (χ4v) is 3.14. The van der Waals surface area contributed by atoms with Gasteiger partial charge < -0.3 is 5.11 Å². The number of fused-ring (bicyclic) bond motifs is 1. The van der Waals surface area contributed by atoms with Crippen molar-refractivity contribution in [3.8, 4) is 0 Å². The number of aryl methyl sites for hydroxylation is 2. The summed E-state index contributed by atoms with van der Waals surface area (Å²) in [6.45, 7) is 7.55. The predicted octanol–water partition coefficient (Wildman–Crippen LogP) is 1.78. The Hall–Kier alpha value is -2.18. The summed E-state index contributed by atoms with van der Waals surface area (Å²) >= 11 is 0. The predicted molar refractivity (Wildman–Crippen MR) is 94.6 cm³/mol. The summed E-state index contributed by atoms with van der Waals surface area (Å²) in [5, 5.41) is 9.31. The fraction of sp³-hybridized carbons (Fsp3) is 0.444. The SMILES string of the molecule is CCc1c(C)nc2n(c1=O)CN(CCO)CN2c1ccc(C)cc1. The van der Waals surface area contributed by atoms with Crippen LogP contribution in [0.1, 0.15) is 23.7 Å². The van der Waals surface area contributed by atoms with E-state index >= 15 is 0 Å². The number of rotatable bonds is 4. The zero-order valence-electron chi connectivity index (χ0n) is 14.5. The van der Waals surface area contributed by atoms with Crippen LogP contribution in [0.15, 0.2) is 29.1 Å². The molecule has 1 N–H and O–H groups in total. The zero-order chi connectivity index (χ0) is 17.3. The zero-order valence-corrected chi connectivity index (χ0v) is 14.5. The number of nitrogens with zero attached hydrogens (tertiary/aromatic N) is 4. The third-order valence-corrected chi connectivity index (χ3v) is 4.49. The van der Waals surface area contributed by atoms with Crippen molar-refractivity contribution in [1.82, 2.24) is 14.5 Å². The molecule has 0 bridgehead atoms. The topological polar surface area (TPSA) is 61.6 Å². The molecule has 0 atom stereocenters. The number of β-amino-alcohol motifs (C(OH)–C–C–N with tert-alkyl or cyclic N) is 1. The molecule has 128 valence electrons. The van der Waals surface area contributed by atoms with E-state index in [1.807, 2.05) is 42.7 Å². The lowest BCUT2D eigenvalue weighted by molar-refractivity contribution is 0.152. The van der Waals surface area contributed by atoms with Crippen LogP contribution in [-0.4, -0.2) is 39.4 Å². The van der Waals surface area contributed by atoms with Gasteiger partial charge in [-0.2, -0.15) is 0 Å². The van der Waals surface area contributed by atoms with E-state index in [9.17, 15) is 9.90 Å². The van der Waals surface area contributed by atoms with Crippen molar-refractivity contribution >= 4 is 11.6 Å². The number of anilines is 2. The van der Waals surface area contributed by atoms with Crippen molar-refractivity contribution in [2.75, 3.05) is 24.7 Å². The van der Waals surface area contributed by atoms with Crippen LogP contribution in [0, 0.1) is 13.8 Å². The van der Waals surface area contributed by atoms with Gasteiger partial charge in [0.15, 0.2) is 0 Å². The second kappa shape index (κ2) is 6.75. The molecule has 1 aliphatic heterocycles. The highest BCUT2D eigenvalue weighted by atomic mass is 16.3. The number of hydrogen-bond acceptors (Lipinski definition) is 5. The van der Waals surface area contributed by atoms with Gasteiger partial charge in [0.05, 0.1) is 19.9 Å². The average molecular weight is 328 g/mol. The van der Waals surface area contributed by atoms with Gasteiger partial charge in [-0.15, -0.1) is 0 Å². The van der Waals surface area contributed by atoms with E-state index in [0.29, 0.717) is 32.3 Å². The van der Waals surface area contributed by atoms with E-state index in [1.54, 1.807) is 4.57 Å². The summed E-state index contributed by atoms with van der Waals surface area (Å²) in [7, 11) is 0. The maximum Gasteiger partial charge on any atom is 0.259 e. The van der Waals surface area contributed by atoms with Gasteiger partial charge in [-0.05, 0) is 32.4 Å². The molecule has 0 unspecified atom stereocenters. The Morgan fingerprint density at radius 3 is 2.50 bits per heavy atom. The van der Waals surface area contributed by atoms with Gasteiger partial charge in [0.1, 0.15) is 0 Å². The maximum absolute atomic E-state index is 12.9. The molecule has 0 aliphatic carbocycles. The van der Waals surface area contributed by atoms with E-state index < -0.39 is 0 Å². The molecule has 0 saturated heterocycles. The van der Waals surface area contributed by atoms with Crippen molar-refractivity contribution in [3.63, 3.8) is 0 Å². The molecule has 1 aromatic carbocycles. The first-order valence-electron chi connectivity index (χ1n) is 8.33. The Labute approximate surface area is 142 Å². The molecule has 0 amide bonds. The molecule has 2 aromatic rings. The van der Waals surface area contributed by atoms with E-state index in [2.05, 4.69) is 12.1 Å². The largest absolute Gasteiger partial charge is 0.395 e. The molecule has 0 spiro atoms. The Kier molecular flexibility index (Phi) is 4.69. The van der Waals surface area contributed by atoms with Gasteiger partial charge >= 0.3 is 0 Å². The van der Waals surface area contributed by atoms with Crippen LogP contribution in [0.2, 0.25) is 0 Å². The first kappa shape index (κ1) is 16.7. The van der Waals surface area contributed by atoms with Gasteiger partial charge in [-0.1, -0.05) is 24.6 Å². The highest BCUT2D eigenvalue weighted by molar-refractivity contribution is 5.58. The first-order chi connectivity index (χ1) is 11.5. The summed E-state index contributed by atoms with van der Waals surface area (Å²) < 4.78 is 1.71. The Bertz CT molecular complexity index is 783. The Morgan fingerprint density at radius 2 is 1.88 bits per heavy atom. The molecule has 6 heteroatoms. The fourth-order valence-electron chi connectivity index (χ4n) is 3.14. The van der Waals surface area contributed by atoms with Crippen molar-refractivity contribution in [2.24, 2.45) is 0 Å². The van der Waals surface area contributed by atoms with Gasteiger partial charge in [0.25, 0.3) is 5.56 Å². The Morgan fingerprint density at radius 1 is 1.17 bits per heavy atom. The minimum absolute atomic E-state index is 0.0137. The average Bonchev–Trinajstić information content (AvgIpc) is 2.56. The monoisotopic (exact) mass is 328 g/mol. The van der Waals surface area contributed by atoms with E-state index in [-0.39, 0.29) is 12.2 Å². The summed E-state index contributed by atoms with van der Waals surface area (Å²) in [4.78, 5) is 21.7. The Balaban J connectivity index is 2.14. The molecule has 1 aromatic heterocycles. The van der Waals surface area contributed by atoms with Crippen LogP contribution in [0.3, 0.4) is 0 Å². The molecule has 3 rings (SSSR count). The molecular formula is C18H24N4O2. The summed E-state index contributed by atoms with van der Waals surface area (Å²) in [5.74, 6) is 0.674. The molecule has 2 heterocycles. The summed E-state index contributed by atoms with van der Waals surface area (Å²) in [6, 6.07) is 8.18. The second-order valence-electron chi connectivity index (χ2n) is 6.23. The standard InChI is InChI=1S/C18H24N4O2/c1-4-16-14(3)19-18-21(15-7-5-13(2)6-8-15)11-20(9-10-23)12-22(18)17(16)24/h5-8,23H,4,9-12H2,1-3H3. The van der Waals surface area contributed by atoms with E-state index in [1.165, 1.54) is 5.56 Å². The molecule has 6 nitrogen and oxygen atoms in total. The van der Waals surface area contributed by atoms with Gasteiger partial charge in [-0.25, -0.2) is 4.98 Å². The van der Waals surface area contributed by atoms with E-state index in [0.717, 1.165) is 16.9 Å². The first-order valence-corrected chi connectivity index (χ1v) is 8.33. The maximum atomic E-state index is 12.9. The third kappa shape index (κ3) is 2.95. The molecule has 1 aliphatic rings. The number of hydrogen-bond donors (Lipinski definition) is 1. The summed E-state index contributed by atoms with van der Waals surface area (Å²) in [5.41, 5.74) is 3.74. The van der Waals surface area contributed by atoms with Gasteiger partial charge in [0.2, 0.25) is 5.95 Å². The van der Waals surface area contributed by atoms with Crippen LogP contribution in [0.4, 0.5) is 11.6 Å². The minimum Gasteiger partial charge on any atom is -0.395 e. The lowest BCUT2D eigenvalue weighted by Crippen LogP contribution is -2.48. The highest BCUT2D eigenvalue weighted by Gasteiger charge is 2.27. The number of aliphatic hydroxyl groups excluding tert-OH is 1. The molecular weight excluding hydrogens is 304 g/mol. The highest BCUT2D eigenvalue weighted by Crippen LogP contribution is 2.27. The molecule has 0 saturated carbocycles. The van der Waals surface area contributed by atoms with Crippen molar-refractivity contribution in [1.29, 1.82) is 0 Å². The van der Waals surface area contributed by atoms with Gasteiger partial charge in [-0.3, -0.25) is 19.2 Å². The quantitative estimate of drug-likeness (QED) is 0.927. The smallest absolute Gasteiger partial charge is 0.259 e. The van der Waals surface area contributed by atoms with Crippen molar-refractivity contribution in [3.05, 3.63) is 51.4 Å². The minimum atomic E-state index is 0.0137. The number of benzene rings is 1. The lowest BCUT2D eigenvalue weighted by Gasteiger charge is -2.38. The van der Waals surface area contributed by atoms with Crippen molar-refractivity contribution in [2.45, 2.75) is 33.9 Å². The van der Waals surface area contributed by atoms with Crippen molar-refractivity contribution < 1.29 is 5.11 Å². The van der Waals surface area contributed by atoms with Crippen LogP contribution in [-0.2, 0) is 13.1 Å².